The van der Waals surface area contributed by atoms with Crippen molar-refractivity contribution in [3.63, 3.8) is 0 Å². The number of carbonyl (C=O) groups is 2. The molecule has 13 heavy (non-hydrogen) atoms. The first-order valence-electron chi connectivity index (χ1n) is 3.59. The van der Waals surface area contributed by atoms with Crippen molar-refractivity contribution in [1.29, 1.82) is 0 Å². The van der Waals surface area contributed by atoms with Gasteiger partial charge in [-0.05, 0) is 46.9 Å². The van der Waals surface area contributed by atoms with Crippen LogP contribution in [0.4, 0.5) is 0 Å². The fourth-order valence-corrected chi connectivity index (χ4v) is 1.12. The molecule has 0 aromatic heterocycles. The van der Waals surface area contributed by atoms with Crippen molar-refractivity contribution in [3.8, 4) is 5.75 Å². The molecular weight excluding hydrogens is 283 g/mol. The summed E-state index contributed by atoms with van der Waals surface area (Å²) in [6.45, 7) is 0. The quantitative estimate of drug-likeness (QED) is 0.479. The molecule has 1 aromatic rings. The van der Waals surface area contributed by atoms with Gasteiger partial charge in [-0.1, -0.05) is 0 Å². The Bertz CT molecular complexity index is 286. The van der Waals surface area contributed by atoms with E-state index in [4.69, 9.17) is 4.74 Å². The van der Waals surface area contributed by atoms with Gasteiger partial charge in [-0.2, -0.15) is 0 Å². The van der Waals surface area contributed by atoms with Gasteiger partial charge in [-0.15, -0.1) is 0 Å². The lowest BCUT2D eigenvalue weighted by Gasteiger charge is -2.06. The third kappa shape index (κ3) is 3.14. The van der Waals surface area contributed by atoms with E-state index in [1.54, 1.807) is 12.1 Å². The molecule has 68 valence electrons. The molecule has 0 aliphatic rings. The Morgan fingerprint density at radius 3 is 2.15 bits per heavy atom. The fraction of sp³-hybridized carbons (Fsp3) is 0.111. The second-order valence-corrected chi connectivity index (χ2v) is 3.55. The summed E-state index contributed by atoms with van der Waals surface area (Å²) in [6.07, 6.45) is -0.0734. The zero-order valence-electron chi connectivity index (χ0n) is 6.64. The molecule has 0 amide bonds. The average Bonchev–Trinajstić information content (AvgIpc) is 2.17. The van der Waals surface area contributed by atoms with E-state index in [0.717, 1.165) is 3.57 Å². The van der Waals surface area contributed by atoms with E-state index in [-0.39, 0.29) is 0 Å². The Morgan fingerprint density at radius 2 is 1.69 bits per heavy atom. The van der Waals surface area contributed by atoms with Crippen molar-refractivity contribution in [2.24, 2.45) is 0 Å². The monoisotopic (exact) mass is 290 g/mol. The molecule has 4 heteroatoms. The van der Waals surface area contributed by atoms with Crippen molar-refractivity contribution < 1.29 is 14.3 Å². The molecule has 0 fully saturated rings. The summed E-state index contributed by atoms with van der Waals surface area (Å²) in [5.74, 6) is 0.518. The molecule has 0 N–H and O–H groups in total. The summed E-state index contributed by atoms with van der Waals surface area (Å²) in [5.41, 5.74) is 0. The standard InChI is InChI=1S/C9H7IO3/c10-7-1-3-8(4-2-7)13-9(5-11)6-12/h1-6,9H. The molecule has 0 unspecified atom stereocenters. The van der Waals surface area contributed by atoms with Crippen LogP contribution in [-0.4, -0.2) is 18.7 Å². The molecule has 0 saturated heterocycles. The van der Waals surface area contributed by atoms with E-state index in [9.17, 15) is 9.59 Å². The molecule has 0 bridgehead atoms. The molecule has 0 radical (unpaired) electrons. The van der Waals surface area contributed by atoms with Crippen molar-refractivity contribution >= 4 is 35.2 Å². The van der Waals surface area contributed by atoms with Crippen LogP contribution in [0.3, 0.4) is 0 Å². The first-order valence-corrected chi connectivity index (χ1v) is 4.67. The molecular formula is C9H7IO3. The lowest BCUT2D eigenvalue weighted by atomic mass is 10.3. The van der Waals surface area contributed by atoms with Gasteiger partial charge < -0.3 is 4.74 Å². The van der Waals surface area contributed by atoms with Crippen molar-refractivity contribution in [3.05, 3.63) is 27.8 Å². The molecule has 0 aliphatic carbocycles. The summed E-state index contributed by atoms with van der Waals surface area (Å²) >= 11 is 2.15. The molecule has 0 heterocycles. The maximum atomic E-state index is 10.2. The summed E-state index contributed by atoms with van der Waals surface area (Å²) < 4.78 is 6.10. The van der Waals surface area contributed by atoms with Gasteiger partial charge in [-0.25, -0.2) is 0 Å². The lowest BCUT2D eigenvalue weighted by Crippen LogP contribution is -2.19. The van der Waals surface area contributed by atoms with Gasteiger partial charge in [0.15, 0.2) is 12.6 Å². The van der Waals surface area contributed by atoms with Crippen LogP contribution in [0, 0.1) is 3.57 Å². The van der Waals surface area contributed by atoms with Gasteiger partial charge in [0.2, 0.25) is 6.10 Å². The predicted octanol–water partition coefficient (Wildman–Crippen LogP) is 1.44. The van der Waals surface area contributed by atoms with Gasteiger partial charge in [0.1, 0.15) is 5.75 Å². The Labute approximate surface area is 89.2 Å². The molecule has 1 aromatic carbocycles. The first-order chi connectivity index (χ1) is 6.26. The third-order valence-electron chi connectivity index (χ3n) is 1.35. The zero-order chi connectivity index (χ0) is 9.68. The van der Waals surface area contributed by atoms with E-state index in [2.05, 4.69) is 22.6 Å². The number of hydrogen-bond donors (Lipinski definition) is 0. The molecule has 0 saturated carbocycles. The average molecular weight is 290 g/mol. The number of aldehydes is 2. The highest BCUT2D eigenvalue weighted by molar-refractivity contribution is 14.1. The molecule has 0 spiro atoms. The van der Waals surface area contributed by atoms with E-state index in [1.165, 1.54) is 0 Å². The fourth-order valence-electron chi connectivity index (χ4n) is 0.758. The minimum atomic E-state index is -1.000. The highest BCUT2D eigenvalue weighted by atomic mass is 127. The number of benzene rings is 1. The van der Waals surface area contributed by atoms with E-state index in [0.29, 0.717) is 18.3 Å². The van der Waals surface area contributed by atoms with Gasteiger partial charge in [-0.3, -0.25) is 9.59 Å². The van der Waals surface area contributed by atoms with Crippen molar-refractivity contribution in [2.75, 3.05) is 0 Å². The summed E-state index contributed by atoms with van der Waals surface area (Å²) in [7, 11) is 0. The van der Waals surface area contributed by atoms with Crippen LogP contribution < -0.4 is 4.74 Å². The molecule has 1 rings (SSSR count). The minimum Gasteiger partial charge on any atom is -0.475 e. The van der Waals surface area contributed by atoms with Crippen molar-refractivity contribution in [2.45, 2.75) is 6.10 Å². The number of halogens is 1. The predicted molar refractivity (Wildman–Crippen MR) is 55.7 cm³/mol. The Hall–Kier alpha value is -0.910. The number of carbonyl (C=O) groups excluding carboxylic acids is 2. The van der Waals surface area contributed by atoms with Crippen LogP contribution in [0.15, 0.2) is 24.3 Å². The molecule has 3 nitrogen and oxygen atoms in total. The van der Waals surface area contributed by atoms with Crippen LogP contribution >= 0.6 is 22.6 Å². The van der Waals surface area contributed by atoms with E-state index in [1.807, 2.05) is 12.1 Å². The van der Waals surface area contributed by atoms with E-state index < -0.39 is 6.10 Å². The molecule has 0 atom stereocenters. The maximum Gasteiger partial charge on any atom is 0.208 e. The third-order valence-corrected chi connectivity index (χ3v) is 2.07. The topological polar surface area (TPSA) is 43.4 Å². The molecule has 0 aliphatic heterocycles. The van der Waals surface area contributed by atoms with Gasteiger partial charge in [0, 0.05) is 3.57 Å². The second-order valence-electron chi connectivity index (χ2n) is 2.31. The van der Waals surface area contributed by atoms with E-state index >= 15 is 0 Å². The zero-order valence-corrected chi connectivity index (χ0v) is 8.80. The minimum absolute atomic E-state index is 0.463. The summed E-state index contributed by atoms with van der Waals surface area (Å²) in [5, 5.41) is 0. The van der Waals surface area contributed by atoms with Crippen LogP contribution in [-0.2, 0) is 9.59 Å². The normalized spacial score (nSPS) is 9.69. The van der Waals surface area contributed by atoms with Gasteiger partial charge >= 0.3 is 0 Å². The van der Waals surface area contributed by atoms with Crippen molar-refractivity contribution in [1.82, 2.24) is 0 Å². The van der Waals surface area contributed by atoms with Crippen LogP contribution in [0.5, 0.6) is 5.75 Å². The van der Waals surface area contributed by atoms with Crippen LogP contribution in [0.1, 0.15) is 0 Å². The Kier molecular flexibility index (Phi) is 3.88. The Morgan fingerprint density at radius 1 is 1.15 bits per heavy atom. The van der Waals surface area contributed by atoms with Gasteiger partial charge in [0.25, 0.3) is 0 Å². The Balaban J connectivity index is 2.68. The van der Waals surface area contributed by atoms with Crippen LogP contribution in [0.25, 0.3) is 0 Å². The van der Waals surface area contributed by atoms with Crippen LogP contribution in [0.2, 0.25) is 0 Å². The first kappa shape index (κ1) is 10.2. The summed E-state index contributed by atoms with van der Waals surface area (Å²) in [4.78, 5) is 20.5. The number of hydrogen-bond acceptors (Lipinski definition) is 3. The highest BCUT2D eigenvalue weighted by Crippen LogP contribution is 2.14. The number of ether oxygens (including phenoxy) is 1. The smallest absolute Gasteiger partial charge is 0.208 e. The summed E-state index contributed by atoms with van der Waals surface area (Å²) in [6, 6.07) is 7.09. The lowest BCUT2D eigenvalue weighted by molar-refractivity contribution is -0.122. The largest absolute Gasteiger partial charge is 0.475 e. The number of rotatable bonds is 4. The SMILES string of the molecule is O=CC(C=O)Oc1ccc(I)cc1. The highest BCUT2D eigenvalue weighted by Gasteiger charge is 2.05. The van der Waals surface area contributed by atoms with Gasteiger partial charge in [0.05, 0.1) is 0 Å². The maximum absolute atomic E-state index is 10.2. The second kappa shape index (κ2) is 4.96.